The second-order valence-electron chi connectivity index (χ2n) is 5.28. The van der Waals surface area contributed by atoms with Crippen LogP contribution in [0.1, 0.15) is 12.8 Å². The average molecular weight is 324 g/mol. The Kier molecular flexibility index (Phi) is 6.01. The summed E-state index contributed by atoms with van der Waals surface area (Å²) in [5.74, 6) is -0.112. The molecule has 3 rings (SSSR count). The maximum atomic E-state index is 13.7. The zero-order valence-corrected chi connectivity index (χ0v) is 12.7. The lowest BCUT2D eigenvalue weighted by Gasteiger charge is -2.48. The molecule has 0 radical (unpaired) electrons. The van der Waals surface area contributed by atoms with Crippen LogP contribution in [-0.4, -0.2) is 41.9 Å². The monoisotopic (exact) mass is 323 g/mol. The van der Waals surface area contributed by atoms with Crippen molar-refractivity contribution in [1.82, 2.24) is 10.3 Å². The quantitative estimate of drug-likeness (QED) is 0.824. The molecule has 20 heavy (non-hydrogen) atoms. The number of hydrogen-bond acceptors (Lipinski definition) is 4. The van der Waals surface area contributed by atoms with Crippen LogP contribution in [0.25, 0.3) is 0 Å². The first-order valence-electron chi connectivity index (χ1n) is 6.47. The summed E-state index contributed by atoms with van der Waals surface area (Å²) in [6, 6.07) is 1.70. The summed E-state index contributed by atoms with van der Waals surface area (Å²) >= 11 is 0. The minimum atomic E-state index is -0.564. The summed E-state index contributed by atoms with van der Waals surface area (Å²) in [6.45, 7) is 3.08. The minimum Gasteiger partial charge on any atom is -0.389 e. The van der Waals surface area contributed by atoms with E-state index >= 15 is 0 Å². The smallest absolute Gasteiger partial charge is 0.164 e. The number of aliphatic hydroxyl groups is 1. The lowest BCUT2D eigenvalue weighted by molar-refractivity contribution is -0.0539. The van der Waals surface area contributed by atoms with Gasteiger partial charge in [-0.2, -0.15) is 0 Å². The minimum absolute atomic E-state index is 0. The Labute approximate surface area is 130 Å². The topological polar surface area (TPSA) is 48.4 Å². The van der Waals surface area contributed by atoms with Gasteiger partial charge in [-0.3, -0.25) is 4.98 Å². The molecular formula is C13H20Cl2FN3O. The van der Waals surface area contributed by atoms with Crippen molar-refractivity contribution in [2.75, 3.05) is 31.1 Å². The number of aromatic nitrogens is 1. The first-order valence-corrected chi connectivity index (χ1v) is 6.47. The molecule has 2 atom stereocenters. The summed E-state index contributed by atoms with van der Waals surface area (Å²) in [5.41, 5.74) is 0.0308. The fraction of sp³-hybridized carbons (Fsp3) is 0.615. The van der Waals surface area contributed by atoms with Crippen LogP contribution in [0.5, 0.6) is 0 Å². The molecule has 0 unspecified atom stereocenters. The van der Waals surface area contributed by atoms with Crippen molar-refractivity contribution in [3.63, 3.8) is 0 Å². The maximum absolute atomic E-state index is 13.7. The number of hydrogen-bond donors (Lipinski definition) is 2. The molecule has 0 bridgehead atoms. The van der Waals surface area contributed by atoms with Crippen LogP contribution in [0.15, 0.2) is 18.5 Å². The molecule has 4 nitrogen and oxygen atoms in total. The molecule has 114 valence electrons. The van der Waals surface area contributed by atoms with Gasteiger partial charge in [-0.25, -0.2) is 4.39 Å². The summed E-state index contributed by atoms with van der Waals surface area (Å²) in [5, 5.41) is 13.9. The molecule has 0 amide bonds. The van der Waals surface area contributed by atoms with Gasteiger partial charge in [0.25, 0.3) is 0 Å². The molecule has 0 saturated carbocycles. The van der Waals surface area contributed by atoms with Gasteiger partial charge in [0, 0.05) is 31.7 Å². The normalized spacial score (nSPS) is 28.9. The highest BCUT2D eigenvalue weighted by Gasteiger charge is 2.43. The highest BCUT2D eigenvalue weighted by molar-refractivity contribution is 5.85. The van der Waals surface area contributed by atoms with Gasteiger partial charge < -0.3 is 15.3 Å². The standard InChI is InChI=1S/C13H18FN3O.2ClH/c14-11-8-15-4-1-12(11)17-6-3-13(18)2-5-16-7-10(13)9-17;;/h1,4,8,10,16,18H,2-3,5-7,9H2;2*1H/t10-,13-;;/m0../s1. The molecule has 2 aliphatic rings. The van der Waals surface area contributed by atoms with Crippen LogP contribution >= 0.6 is 24.8 Å². The molecule has 7 heteroatoms. The molecular weight excluding hydrogens is 304 g/mol. The van der Waals surface area contributed by atoms with Gasteiger partial charge in [0.2, 0.25) is 0 Å². The second-order valence-corrected chi connectivity index (χ2v) is 5.28. The Morgan fingerprint density at radius 2 is 2.20 bits per heavy atom. The summed E-state index contributed by atoms with van der Waals surface area (Å²) < 4.78 is 13.7. The van der Waals surface area contributed by atoms with Crippen LogP contribution in [0, 0.1) is 11.7 Å². The number of piperidine rings is 2. The number of fused-ring (bicyclic) bond motifs is 1. The number of pyridine rings is 1. The van der Waals surface area contributed by atoms with Gasteiger partial charge in [-0.1, -0.05) is 0 Å². The zero-order valence-electron chi connectivity index (χ0n) is 11.1. The van der Waals surface area contributed by atoms with E-state index in [-0.39, 0.29) is 36.5 Å². The molecule has 2 fully saturated rings. The molecule has 0 aliphatic carbocycles. The highest BCUT2D eigenvalue weighted by Crippen LogP contribution is 2.35. The van der Waals surface area contributed by atoms with E-state index in [1.54, 1.807) is 12.3 Å². The van der Waals surface area contributed by atoms with Gasteiger partial charge in [-0.05, 0) is 25.5 Å². The fourth-order valence-electron chi connectivity index (χ4n) is 3.07. The molecule has 0 aromatic carbocycles. The van der Waals surface area contributed by atoms with Crippen molar-refractivity contribution in [3.8, 4) is 0 Å². The third-order valence-electron chi connectivity index (χ3n) is 4.23. The number of halogens is 3. The summed E-state index contributed by atoms with van der Waals surface area (Å²) in [7, 11) is 0. The van der Waals surface area contributed by atoms with E-state index < -0.39 is 5.60 Å². The van der Waals surface area contributed by atoms with Crippen molar-refractivity contribution in [3.05, 3.63) is 24.3 Å². The highest BCUT2D eigenvalue weighted by atomic mass is 35.5. The Morgan fingerprint density at radius 1 is 1.40 bits per heavy atom. The van der Waals surface area contributed by atoms with Gasteiger partial charge in [-0.15, -0.1) is 24.8 Å². The molecule has 3 heterocycles. The van der Waals surface area contributed by atoms with Gasteiger partial charge in [0.15, 0.2) is 5.82 Å². The summed E-state index contributed by atoms with van der Waals surface area (Å²) in [4.78, 5) is 5.79. The van der Waals surface area contributed by atoms with Crippen molar-refractivity contribution >= 4 is 30.5 Å². The molecule has 2 saturated heterocycles. The Balaban J connectivity index is 0.000001000. The Hall–Kier alpha value is -0.620. The molecule has 1 aromatic rings. The van der Waals surface area contributed by atoms with E-state index in [0.717, 1.165) is 19.5 Å². The Morgan fingerprint density at radius 3 is 2.95 bits per heavy atom. The maximum Gasteiger partial charge on any atom is 0.164 e. The average Bonchev–Trinajstić information content (AvgIpc) is 2.38. The van der Waals surface area contributed by atoms with E-state index in [1.165, 1.54) is 6.20 Å². The largest absolute Gasteiger partial charge is 0.389 e. The van der Waals surface area contributed by atoms with Crippen LogP contribution in [0.2, 0.25) is 0 Å². The van der Waals surface area contributed by atoms with E-state index in [4.69, 9.17) is 0 Å². The van der Waals surface area contributed by atoms with Crippen LogP contribution in [-0.2, 0) is 0 Å². The number of nitrogens with one attached hydrogen (secondary N) is 1. The van der Waals surface area contributed by atoms with Crippen molar-refractivity contribution < 1.29 is 9.50 Å². The molecule has 1 aromatic heterocycles. The summed E-state index contributed by atoms with van der Waals surface area (Å²) in [6.07, 6.45) is 4.36. The predicted molar refractivity (Wildman–Crippen MR) is 81.4 cm³/mol. The third kappa shape index (κ3) is 3.17. The van der Waals surface area contributed by atoms with Gasteiger partial charge in [0.1, 0.15) is 0 Å². The Bertz CT molecular complexity index is 451. The van der Waals surface area contributed by atoms with Crippen LogP contribution < -0.4 is 10.2 Å². The molecule has 2 N–H and O–H groups in total. The van der Waals surface area contributed by atoms with E-state index in [9.17, 15) is 9.50 Å². The van der Waals surface area contributed by atoms with E-state index in [1.807, 2.05) is 4.90 Å². The van der Waals surface area contributed by atoms with Crippen molar-refractivity contribution in [1.29, 1.82) is 0 Å². The van der Waals surface area contributed by atoms with Crippen molar-refractivity contribution in [2.24, 2.45) is 5.92 Å². The SMILES string of the molecule is Cl.Cl.O[C@]12CCNC[C@H]1CN(c1ccncc1F)CC2. The van der Waals surface area contributed by atoms with E-state index in [0.29, 0.717) is 25.2 Å². The predicted octanol–water partition coefficient (Wildman–Crippen LogP) is 1.61. The molecule has 2 aliphatic heterocycles. The first-order chi connectivity index (χ1) is 8.69. The number of rotatable bonds is 1. The van der Waals surface area contributed by atoms with E-state index in [2.05, 4.69) is 10.3 Å². The van der Waals surface area contributed by atoms with Gasteiger partial charge >= 0.3 is 0 Å². The first kappa shape index (κ1) is 17.4. The number of nitrogens with zero attached hydrogens (tertiary/aromatic N) is 2. The van der Waals surface area contributed by atoms with Crippen LogP contribution in [0.3, 0.4) is 0 Å². The van der Waals surface area contributed by atoms with Crippen LogP contribution in [0.4, 0.5) is 10.1 Å². The van der Waals surface area contributed by atoms with Crippen molar-refractivity contribution in [2.45, 2.75) is 18.4 Å². The fourth-order valence-corrected chi connectivity index (χ4v) is 3.07. The zero-order chi connectivity index (χ0) is 12.6. The third-order valence-corrected chi connectivity index (χ3v) is 4.23. The lowest BCUT2D eigenvalue weighted by Crippen LogP contribution is -2.59. The molecule has 0 spiro atoms. The number of anilines is 1. The second kappa shape index (κ2) is 6.89. The lowest BCUT2D eigenvalue weighted by atomic mass is 9.76. The van der Waals surface area contributed by atoms with Gasteiger partial charge in [0.05, 0.1) is 17.5 Å².